The van der Waals surface area contributed by atoms with E-state index in [4.69, 9.17) is 14.9 Å². The van der Waals surface area contributed by atoms with Crippen LogP contribution in [0.1, 0.15) is 28.3 Å². The van der Waals surface area contributed by atoms with Gasteiger partial charge in [-0.05, 0) is 30.2 Å². The molecule has 0 spiro atoms. The third-order valence-corrected chi connectivity index (χ3v) is 4.72. The van der Waals surface area contributed by atoms with Gasteiger partial charge in [-0.1, -0.05) is 42.5 Å². The molecule has 0 aliphatic carbocycles. The summed E-state index contributed by atoms with van der Waals surface area (Å²) in [4.78, 5) is 0. The summed E-state index contributed by atoms with van der Waals surface area (Å²) in [7, 11) is 0. The Bertz CT molecular complexity index is 1000. The standard InChI is InChI=1S/C21H18N4O2/c1-13-18-19(17(11-22)20(23)27-21(18)25-24-13)15-7-9-16(10-8-15)26-12-14-5-3-2-4-6-14/h2-10,17,19,23H,12H2,1H3,(H,24,25). The minimum Gasteiger partial charge on any atom is -0.489 e. The molecule has 0 saturated carbocycles. The highest BCUT2D eigenvalue weighted by Gasteiger charge is 2.39. The summed E-state index contributed by atoms with van der Waals surface area (Å²) < 4.78 is 11.2. The average molecular weight is 358 g/mol. The van der Waals surface area contributed by atoms with E-state index in [1.807, 2.05) is 61.5 Å². The summed E-state index contributed by atoms with van der Waals surface area (Å²) in [5.41, 5.74) is 3.69. The SMILES string of the molecule is Cc1[nH]nc2c1C(c1ccc(OCc3ccccc3)cc1)C(C#N)C(=N)O2. The first-order valence-electron chi connectivity index (χ1n) is 8.65. The Morgan fingerprint density at radius 3 is 2.63 bits per heavy atom. The number of nitriles is 1. The summed E-state index contributed by atoms with van der Waals surface area (Å²) in [5, 5.41) is 24.6. The molecule has 0 radical (unpaired) electrons. The lowest BCUT2D eigenvalue weighted by Gasteiger charge is -2.27. The van der Waals surface area contributed by atoms with Crippen LogP contribution in [-0.4, -0.2) is 16.1 Å². The van der Waals surface area contributed by atoms with E-state index in [1.165, 1.54) is 0 Å². The largest absolute Gasteiger partial charge is 0.489 e. The van der Waals surface area contributed by atoms with Crippen molar-refractivity contribution in [1.29, 1.82) is 10.7 Å². The number of nitrogens with zero attached hydrogens (tertiary/aromatic N) is 2. The Balaban J connectivity index is 1.60. The fourth-order valence-corrected chi connectivity index (χ4v) is 3.35. The van der Waals surface area contributed by atoms with E-state index in [0.29, 0.717) is 12.5 Å². The average Bonchev–Trinajstić information content (AvgIpc) is 3.07. The zero-order chi connectivity index (χ0) is 18.8. The van der Waals surface area contributed by atoms with Gasteiger partial charge in [0.15, 0.2) is 0 Å². The number of aryl methyl sites for hydroxylation is 1. The van der Waals surface area contributed by atoms with Crippen LogP contribution in [0.2, 0.25) is 0 Å². The van der Waals surface area contributed by atoms with E-state index in [0.717, 1.165) is 28.1 Å². The Morgan fingerprint density at radius 2 is 1.93 bits per heavy atom. The zero-order valence-electron chi connectivity index (χ0n) is 14.8. The molecule has 0 saturated heterocycles. The molecule has 6 heteroatoms. The second kappa shape index (κ2) is 6.96. The quantitative estimate of drug-likeness (QED) is 0.738. The molecule has 2 aromatic carbocycles. The molecule has 3 aromatic rings. The Labute approximate surface area is 156 Å². The molecule has 1 aliphatic rings. The first-order valence-corrected chi connectivity index (χ1v) is 8.65. The Hall–Kier alpha value is -3.59. The van der Waals surface area contributed by atoms with E-state index in [-0.39, 0.29) is 11.8 Å². The normalized spacial score (nSPS) is 18.3. The molecule has 0 amide bonds. The van der Waals surface area contributed by atoms with E-state index >= 15 is 0 Å². The number of ether oxygens (including phenoxy) is 2. The number of nitrogens with one attached hydrogen (secondary N) is 2. The van der Waals surface area contributed by atoms with Gasteiger partial charge in [0.2, 0.25) is 11.8 Å². The molecule has 2 unspecified atom stereocenters. The molecule has 2 heterocycles. The predicted molar refractivity (Wildman–Crippen MR) is 99.8 cm³/mol. The van der Waals surface area contributed by atoms with E-state index in [9.17, 15) is 5.26 Å². The van der Waals surface area contributed by atoms with Crippen molar-refractivity contribution < 1.29 is 9.47 Å². The van der Waals surface area contributed by atoms with Gasteiger partial charge in [-0.15, -0.1) is 5.10 Å². The molecule has 2 N–H and O–H groups in total. The molecule has 6 nitrogen and oxygen atoms in total. The highest BCUT2D eigenvalue weighted by Crippen LogP contribution is 2.42. The lowest BCUT2D eigenvalue weighted by atomic mass is 9.79. The number of H-pyrrole nitrogens is 1. The fraction of sp³-hybridized carbons (Fsp3) is 0.190. The van der Waals surface area contributed by atoms with Crippen LogP contribution >= 0.6 is 0 Å². The fourth-order valence-electron chi connectivity index (χ4n) is 3.35. The maximum absolute atomic E-state index is 9.59. The maximum Gasteiger partial charge on any atom is 0.243 e. The van der Waals surface area contributed by atoms with Crippen LogP contribution in [0.4, 0.5) is 0 Å². The number of hydrogen-bond acceptors (Lipinski definition) is 5. The van der Waals surface area contributed by atoms with Gasteiger partial charge in [-0.3, -0.25) is 10.5 Å². The van der Waals surface area contributed by atoms with Crippen LogP contribution < -0.4 is 9.47 Å². The molecule has 4 rings (SSSR count). The lowest BCUT2D eigenvalue weighted by molar-refractivity contribution is 0.306. The van der Waals surface area contributed by atoms with Crippen LogP contribution in [0.3, 0.4) is 0 Å². The molecule has 0 fully saturated rings. The van der Waals surface area contributed by atoms with Crippen molar-refractivity contribution in [2.24, 2.45) is 5.92 Å². The van der Waals surface area contributed by atoms with Crippen LogP contribution in [0.25, 0.3) is 0 Å². The van der Waals surface area contributed by atoms with Crippen molar-refractivity contribution in [2.75, 3.05) is 0 Å². The minimum absolute atomic E-state index is 0.0779. The highest BCUT2D eigenvalue weighted by atomic mass is 16.5. The first kappa shape index (κ1) is 16.9. The number of benzene rings is 2. The molecule has 1 aromatic heterocycles. The van der Waals surface area contributed by atoms with Crippen LogP contribution in [0.15, 0.2) is 54.6 Å². The van der Waals surface area contributed by atoms with Gasteiger partial charge < -0.3 is 9.47 Å². The number of hydrogen-bond donors (Lipinski definition) is 2. The second-order valence-electron chi connectivity index (χ2n) is 6.46. The highest BCUT2D eigenvalue weighted by molar-refractivity contribution is 5.84. The number of rotatable bonds is 4. The smallest absolute Gasteiger partial charge is 0.243 e. The molecule has 0 bridgehead atoms. The third kappa shape index (κ3) is 3.15. The lowest BCUT2D eigenvalue weighted by Crippen LogP contribution is -2.30. The molecule has 134 valence electrons. The number of aromatic nitrogens is 2. The van der Waals surface area contributed by atoms with Crippen LogP contribution in [0.5, 0.6) is 11.6 Å². The van der Waals surface area contributed by atoms with Gasteiger partial charge in [0.05, 0.1) is 6.07 Å². The van der Waals surface area contributed by atoms with Crippen molar-refractivity contribution >= 4 is 5.90 Å². The van der Waals surface area contributed by atoms with Gasteiger partial charge >= 0.3 is 0 Å². The summed E-state index contributed by atoms with van der Waals surface area (Å²) in [6, 6.07) is 19.8. The molecule has 1 aliphatic heterocycles. The van der Waals surface area contributed by atoms with Gasteiger partial charge in [0.25, 0.3) is 0 Å². The second-order valence-corrected chi connectivity index (χ2v) is 6.46. The van der Waals surface area contributed by atoms with Crippen molar-refractivity contribution in [3.05, 3.63) is 77.0 Å². The summed E-state index contributed by atoms with van der Waals surface area (Å²) in [6.07, 6.45) is 0. The third-order valence-electron chi connectivity index (χ3n) is 4.72. The van der Waals surface area contributed by atoms with Gasteiger partial charge in [0, 0.05) is 17.2 Å². The van der Waals surface area contributed by atoms with E-state index < -0.39 is 5.92 Å². The minimum atomic E-state index is -0.690. The number of fused-ring (bicyclic) bond motifs is 1. The van der Waals surface area contributed by atoms with Crippen molar-refractivity contribution in [3.63, 3.8) is 0 Å². The monoisotopic (exact) mass is 358 g/mol. The van der Waals surface area contributed by atoms with Crippen molar-refractivity contribution in [2.45, 2.75) is 19.4 Å². The summed E-state index contributed by atoms with van der Waals surface area (Å²) in [5.74, 6) is 0.0600. The van der Waals surface area contributed by atoms with Crippen LogP contribution in [0, 0.1) is 29.6 Å². The van der Waals surface area contributed by atoms with E-state index in [2.05, 4.69) is 16.3 Å². The number of aromatic amines is 1. The van der Waals surface area contributed by atoms with Gasteiger partial charge in [-0.2, -0.15) is 5.26 Å². The maximum atomic E-state index is 9.59. The predicted octanol–water partition coefficient (Wildman–Crippen LogP) is 3.94. The summed E-state index contributed by atoms with van der Waals surface area (Å²) >= 11 is 0. The van der Waals surface area contributed by atoms with Crippen LogP contribution in [-0.2, 0) is 6.61 Å². The molecule has 27 heavy (non-hydrogen) atoms. The molecular weight excluding hydrogens is 340 g/mol. The molecule has 2 atom stereocenters. The Morgan fingerprint density at radius 1 is 1.19 bits per heavy atom. The van der Waals surface area contributed by atoms with Gasteiger partial charge in [-0.25, -0.2) is 0 Å². The zero-order valence-corrected chi connectivity index (χ0v) is 14.8. The summed E-state index contributed by atoms with van der Waals surface area (Å²) in [6.45, 7) is 2.39. The van der Waals surface area contributed by atoms with Gasteiger partial charge in [0.1, 0.15) is 18.3 Å². The van der Waals surface area contributed by atoms with Crippen molar-refractivity contribution in [1.82, 2.24) is 10.2 Å². The Kier molecular flexibility index (Phi) is 4.35. The molecular formula is C21H18N4O2. The topological polar surface area (TPSA) is 94.8 Å². The van der Waals surface area contributed by atoms with E-state index in [1.54, 1.807) is 0 Å². The van der Waals surface area contributed by atoms with Crippen molar-refractivity contribution in [3.8, 4) is 17.7 Å². The first-order chi connectivity index (χ1) is 13.2.